The highest BCUT2D eigenvalue weighted by Crippen LogP contribution is 2.37. The third kappa shape index (κ3) is 7.38. The van der Waals surface area contributed by atoms with E-state index in [2.05, 4.69) is 32.7 Å². The summed E-state index contributed by atoms with van der Waals surface area (Å²) in [6.07, 6.45) is 5.05. The molecule has 44 heavy (non-hydrogen) atoms. The van der Waals surface area contributed by atoms with Crippen molar-refractivity contribution in [2.45, 2.75) is 36.4 Å². The topological polar surface area (TPSA) is 89.8 Å². The van der Waals surface area contributed by atoms with Crippen LogP contribution >= 0.6 is 21.6 Å². The lowest BCUT2D eigenvalue weighted by atomic mass is 10.1. The van der Waals surface area contributed by atoms with E-state index in [0.717, 1.165) is 44.1 Å². The molecule has 0 radical (unpaired) electrons. The van der Waals surface area contributed by atoms with Gasteiger partial charge in [-0.15, -0.1) is 0 Å². The van der Waals surface area contributed by atoms with E-state index >= 15 is 0 Å². The summed E-state index contributed by atoms with van der Waals surface area (Å²) in [7, 11) is 2.95. The fraction of sp³-hybridized carbons (Fsp3) is 0.167. The largest absolute Gasteiger partial charge is 0.361 e. The molecule has 0 fully saturated rings. The molecule has 0 bridgehead atoms. The molecule has 6 nitrogen and oxygen atoms in total. The molecule has 6 aromatic rings. The lowest BCUT2D eigenvalue weighted by Crippen LogP contribution is -2.35. The first-order chi connectivity index (χ1) is 21.6. The fourth-order valence-corrected chi connectivity index (χ4v) is 8.12. The standard InChI is InChI=1S/C36H34N4O2S2/c41-35(39-21-25-11-3-1-4-12-25)33(19-27-23-37-31-17-9-7-15-29(27)31)43-44-34(36(42)40-22-26-13-5-2-6-14-26)20-28-24-38-32-18-10-8-16-30(28)32/h1-18,23-24,33-34,37-38H,19-22H2,(H,39,41)(H,40,42). The fourth-order valence-electron chi connectivity index (χ4n) is 5.27. The van der Waals surface area contributed by atoms with Gasteiger partial charge >= 0.3 is 0 Å². The highest BCUT2D eigenvalue weighted by atomic mass is 33.1. The lowest BCUT2D eigenvalue weighted by molar-refractivity contribution is -0.121. The number of amides is 2. The van der Waals surface area contributed by atoms with Crippen LogP contribution in [0.25, 0.3) is 21.8 Å². The molecule has 2 aromatic heterocycles. The highest BCUT2D eigenvalue weighted by molar-refractivity contribution is 8.77. The van der Waals surface area contributed by atoms with Gasteiger partial charge in [0.25, 0.3) is 0 Å². The number of hydrogen-bond donors (Lipinski definition) is 4. The van der Waals surface area contributed by atoms with E-state index in [1.165, 1.54) is 21.6 Å². The monoisotopic (exact) mass is 618 g/mol. The molecule has 0 saturated carbocycles. The summed E-state index contributed by atoms with van der Waals surface area (Å²) in [6, 6.07) is 36.1. The molecule has 2 heterocycles. The number of rotatable bonds is 13. The molecule has 0 aliphatic heterocycles. The summed E-state index contributed by atoms with van der Waals surface area (Å²) in [5.74, 6) is -0.0978. The third-order valence-corrected chi connectivity index (χ3v) is 10.7. The van der Waals surface area contributed by atoms with Crippen molar-refractivity contribution in [3.63, 3.8) is 0 Å². The van der Waals surface area contributed by atoms with Crippen LogP contribution in [0.2, 0.25) is 0 Å². The van der Waals surface area contributed by atoms with Gasteiger partial charge in [0.1, 0.15) is 0 Å². The Balaban J connectivity index is 1.22. The van der Waals surface area contributed by atoms with Crippen molar-refractivity contribution >= 4 is 55.2 Å². The molecule has 0 aliphatic rings. The predicted molar refractivity (Wildman–Crippen MR) is 183 cm³/mol. The number of carbonyl (C=O) groups excluding carboxylic acids is 2. The van der Waals surface area contributed by atoms with Crippen molar-refractivity contribution in [1.29, 1.82) is 0 Å². The maximum Gasteiger partial charge on any atom is 0.234 e. The van der Waals surface area contributed by atoms with Crippen molar-refractivity contribution in [1.82, 2.24) is 20.6 Å². The Morgan fingerprint density at radius 1 is 0.545 bits per heavy atom. The average Bonchev–Trinajstić information content (AvgIpc) is 3.68. The first-order valence-corrected chi connectivity index (χ1v) is 17.0. The SMILES string of the molecule is O=C(NCc1ccccc1)C(Cc1c[nH]c2ccccc12)SSC(Cc1c[nH]c2ccccc12)C(=O)NCc1ccccc1. The second kappa shape index (κ2) is 14.4. The Morgan fingerprint density at radius 3 is 1.36 bits per heavy atom. The van der Waals surface area contributed by atoms with Crippen molar-refractivity contribution < 1.29 is 9.59 Å². The zero-order valence-electron chi connectivity index (χ0n) is 24.2. The summed E-state index contributed by atoms with van der Waals surface area (Å²) >= 11 is 0. The average molecular weight is 619 g/mol. The number of nitrogens with one attached hydrogen (secondary N) is 4. The van der Waals surface area contributed by atoms with Crippen LogP contribution in [0.3, 0.4) is 0 Å². The van der Waals surface area contributed by atoms with E-state index < -0.39 is 10.5 Å². The molecule has 2 unspecified atom stereocenters. The second-order valence-corrected chi connectivity index (χ2v) is 13.4. The van der Waals surface area contributed by atoms with Gasteiger partial charge in [0.05, 0.1) is 10.5 Å². The number of fused-ring (bicyclic) bond motifs is 2. The summed E-state index contributed by atoms with van der Waals surface area (Å²) in [4.78, 5) is 34.1. The molecule has 8 heteroatoms. The number of para-hydroxylation sites is 2. The number of aromatic amines is 2. The quantitative estimate of drug-likeness (QED) is 0.103. The summed E-state index contributed by atoms with van der Waals surface area (Å²) in [6.45, 7) is 0.900. The van der Waals surface area contributed by atoms with Crippen LogP contribution in [0.1, 0.15) is 22.3 Å². The van der Waals surface area contributed by atoms with Gasteiger partial charge in [-0.05, 0) is 47.2 Å². The Labute approximate surface area is 264 Å². The van der Waals surface area contributed by atoms with Crippen LogP contribution in [0.15, 0.2) is 122 Å². The predicted octanol–water partition coefficient (Wildman–Crippen LogP) is 7.19. The van der Waals surface area contributed by atoms with Gasteiger partial charge in [-0.3, -0.25) is 9.59 Å². The Kier molecular flexibility index (Phi) is 9.70. The Bertz CT molecular complexity index is 1700. The zero-order valence-corrected chi connectivity index (χ0v) is 25.8. The van der Waals surface area contributed by atoms with Gasteiger partial charge < -0.3 is 20.6 Å². The van der Waals surface area contributed by atoms with Crippen LogP contribution in [0.5, 0.6) is 0 Å². The molecular weight excluding hydrogens is 585 g/mol. The van der Waals surface area contributed by atoms with E-state index in [-0.39, 0.29) is 11.8 Å². The number of benzene rings is 4. The van der Waals surface area contributed by atoms with Crippen molar-refractivity contribution in [3.8, 4) is 0 Å². The number of hydrogen-bond acceptors (Lipinski definition) is 4. The molecule has 4 aromatic carbocycles. The van der Waals surface area contributed by atoms with Crippen LogP contribution in [0, 0.1) is 0 Å². The maximum absolute atomic E-state index is 13.7. The first-order valence-electron chi connectivity index (χ1n) is 14.7. The van der Waals surface area contributed by atoms with Gasteiger partial charge in [0.15, 0.2) is 0 Å². The Morgan fingerprint density at radius 2 is 0.932 bits per heavy atom. The van der Waals surface area contributed by atoms with Crippen LogP contribution < -0.4 is 10.6 Å². The lowest BCUT2D eigenvalue weighted by Gasteiger charge is -2.20. The number of H-pyrrole nitrogens is 2. The molecule has 4 N–H and O–H groups in total. The minimum atomic E-state index is -0.407. The Hall–Kier alpha value is -4.40. The summed E-state index contributed by atoms with van der Waals surface area (Å²) in [5.41, 5.74) is 6.33. The molecule has 0 saturated heterocycles. The molecular formula is C36H34N4O2S2. The highest BCUT2D eigenvalue weighted by Gasteiger charge is 2.27. The maximum atomic E-state index is 13.7. The zero-order chi connectivity index (χ0) is 30.1. The van der Waals surface area contributed by atoms with Gasteiger partial charge in [0, 0.05) is 47.3 Å². The van der Waals surface area contributed by atoms with Gasteiger partial charge in [-0.25, -0.2) is 0 Å². The molecule has 0 spiro atoms. The molecule has 0 aliphatic carbocycles. The summed E-state index contributed by atoms with van der Waals surface area (Å²) in [5, 5.41) is 7.68. The van der Waals surface area contributed by atoms with E-state index in [9.17, 15) is 9.59 Å². The normalized spacial score (nSPS) is 12.6. The molecule has 2 atom stereocenters. The second-order valence-electron chi connectivity index (χ2n) is 10.7. The minimum absolute atomic E-state index is 0.0489. The van der Waals surface area contributed by atoms with E-state index in [0.29, 0.717) is 25.9 Å². The minimum Gasteiger partial charge on any atom is -0.361 e. The van der Waals surface area contributed by atoms with E-state index in [1.54, 1.807) is 0 Å². The van der Waals surface area contributed by atoms with E-state index in [1.807, 2.05) is 109 Å². The third-order valence-electron chi connectivity index (χ3n) is 7.65. The molecule has 222 valence electrons. The summed E-state index contributed by atoms with van der Waals surface area (Å²) < 4.78 is 0. The molecule has 6 rings (SSSR count). The van der Waals surface area contributed by atoms with Gasteiger partial charge in [-0.1, -0.05) is 119 Å². The van der Waals surface area contributed by atoms with Crippen molar-refractivity contribution in [3.05, 3.63) is 144 Å². The van der Waals surface area contributed by atoms with Crippen LogP contribution in [-0.2, 0) is 35.5 Å². The first kappa shape index (κ1) is 29.7. The number of aromatic nitrogens is 2. The van der Waals surface area contributed by atoms with Gasteiger partial charge in [-0.2, -0.15) is 0 Å². The van der Waals surface area contributed by atoms with Crippen molar-refractivity contribution in [2.24, 2.45) is 0 Å². The molecule has 2 amide bonds. The van der Waals surface area contributed by atoms with Crippen molar-refractivity contribution in [2.75, 3.05) is 0 Å². The van der Waals surface area contributed by atoms with E-state index in [4.69, 9.17) is 0 Å². The number of carbonyl (C=O) groups is 2. The van der Waals surface area contributed by atoms with Crippen LogP contribution in [-0.4, -0.2) is 32.3 Å². The smallest absolute Gasteiger partial charge is 0.234 e. The van der Waals surface area contributed by atoms with Crippen LogP contribution in [0.4, 0.5) is 0 Å². The van der Waals surface area contributed by atoms with Gasteiger partial charge in [0.2, 0.25) is 11.8 Å².